The van der Waals surface area contributed by atoms with E-state index in [1.165, 1.54) is 0 Å². The number of benzene rings is 1. The Labute approximate surface area is 135 Å². The van der Waals surface area contributed by atoms with E-state index in [-0.39, 0.29) is 17.9 Å². The van der Waals surface area contributed by atoms with Crippen LogP contribution in [0.25, 0.3) is 0 Å². The molecule has 2 aliphatic rings. The third-order valence-electron chi connectivity index (χ3n) is 4.34. The molecule has 6 heteroatoms. The first-order chi connectivity index (χ1) is 11.2. The molecule has 6 nitrogen and oxygen atoms in total. The molecule has 0 unspecified atom stereocenters. The van der Waals surface area contributed by atoms with Crippen molar-refractivity contribution in [2.45, 2.75) is 31.7 Å². The Morgan fingerprint density at radius 1 is 1.09 bits per heavy atom. The van der Waals surface area contributed by atoms with Crippen molar-refractivity contribution < 1.29 is 9.59 Å². The average molecular weight is 312 g/mol. The fourth-order valence-corrected chi connectivity index (χ4v) is 2.71. The molecule has 1 aromatic rings. The highest BCUT2D eigenvalue weighted by atomic mass is 16.2. The van der Waals surface area contributed by atoms with Crippen molar-refractivity contribution in [2.24, 2.45) is 5.92 Å². The van der Waals surface area contributed by atoms with Crippen molar-refractivity contribution in [3.8, 4) is 6.07 Å². The number of hydrogen-bond acceptors (Lipinski definition) is 3. The van der Waals surface area contributed by atoms with Gasteiger partial charge in [-0.2, -0.15) is 5.26 Å². The van der Waals surface area contributed by atoms with Gasteiger partial charge < -0.3 is 15.5 Å². The number of amides is 3. The van der Waals surface area contributed by atoms with Gasteiger partial charge >= 0.3 is 6.03 Å². The van der Waals surface area contributed by atoms with Crippen molar-refractivity contribution in [1.82, 2.24) is 10.2 Å². The molecule has 23 heavy (non-hydrogen) atoms. The van der Waals surface area contributed by atoms with Crippen molar-refractivity contribution in [3.63, 3.8) is 0 Å². The zero-order valence-electron chi connectivity index (χ0n) is 12.9. The quantitative estimate of drug-likeness (QED) is 0.896. The first-order valence-corrected chi connectivity index (χ1v) is 8.02. The zero-order chi connectivity index (χ0) is 16.2. The lowest BCUT2D eigenvalue weighted by Crippen LogP contribution is -2.46. The lowest BCUT2D eigenvalue weighted by atomic mass is 9.96. The van der Waals surface area contributed by atoms with Crippen LogP contribution in [0, 0.1) is 17.2 Å². The van der Waals surface area contributed by atoms with Crippen molar-refractivity contribution in [3.05, 3.63) is 29.8 Å². The zero-order valence-corrected chi connectivity index (χ0v) is 12.9. The molecule has 3 amide bonds. The van der Waals surface area contributed by atoms with Crippen LogP contribution in [0.5, 0.6) is 0 Å². The van der Waals surface area contributed by atoms with E-state index in [9.17, 15) is 9.59 Å². The van der Waals surface area contributed by atoms with Gasteiger partial charge in [-0.1, -0.05) is 0 Å². The Morgan fingerprint density at radius 2 is 1.74 bits per heavy atom. The largest absolute Gasteiger partial charge is 0.335 e. The monoisotopic (exact) mass is 312 g/mol. The number of rotatable bonds is 3. The van der Waals surface area contributed by atoms with Crippen molar-refractivity contribution >= 4 is 17.6 Å². The minimum Gasteiger partial charge on any atom is -0.335 e. The van der Waals surface area contributed by atoms with E-state index in [0.29, 0.717) is 43.2 Å². The molecule has 1 heterocycles. The van der Waals surface area contributed by atoms with Crippen LogP contribution in [-0.2, 0) is 4.79 Å². The second-order valence-electron chi connectivity index (χ2n) is 6.16. The molecule has 2 N–H and O–H groups in total. The van der Waals surface area contributed by atoms with Crippen LogP contribution in [0.15, 0.2) is 24.3 Å². The molecule has 0 radical (unpaired) electrons. The number of hydrogen-bond donors (Lipinski definition) is 2. The normalized spacial score (nSPS) is 18.1. The van der Waals surface area contributed by atoms with Crippen molar-refractivity contribution in [2.75, 3.05) is 18.4 Å². The fraction of sp³-hybridized carbons (Fsp3) is 0.471. The second kappa shape index (κ2) is 6.69. The Hall–Kier alpha value is -2.55. The van der Waals surface area contributed by atoms with Gasteiger partial charge in [0.15, 0.2) is 0 Å². The van der Waals surface area contributed by atoms with Gasteiger partial charge in [0.05, 0.1) is 11.6 Å². The average Bonchev–Trinajstić information content (AvgIpc) is 3.39. The Morgan fingerprint density at radius 3 is 2.30 bits per heavy atom. The van der Waals surface area contributed by atoms with Gasteiger partial charge in [0.2, 0.25) is 5.91 Å². The predicted octanol–water partition coefficient (Wildman–Crippen LogP) is 2.08. The number of urea groups is 1. The van der Waals surface area contributed by atoms with E-state index in [1.54, 1.807) is 29.2 Å². The molecule has 0 bridgehead atoms. The first kappa shape index (κ1) is 15.3. The highest BCUT2D eigenvalue weighted by Crippen LogP contribution is 2.22. The Bertz CT molecular complexity index is 623. The number of nitrogens with zero attached hydrogens (tertiary/aromatic N) is 2. The standard InChI is InChI=1S/C17H20N4O2/c18-11-12-1-3-14(4-2-12)19-16(22)13-7-9-21(10-8-13)17(23)20-15-5-6-15/h1-4,13,15H,5-10H2,(H,19,22)(H,20,23). The molecular weight excluding hydrogens is 292 g/mol. The minimum atomic E-state index is -0.0735. The number of carbonyl (C=O) groups excluding carboxylic acids is 2. The summed E-state index contributed by atoms with van der Waals surface area (Å²) in [5, 5.41) is 14.6. The molecule has 1 aliphatic heterocycles. The number of piperidine rings is 1. The SMILES string of the molecule is N#Cc1ccc(NC(=O)C2CCN(C(=O)NC3CC3)CC2)cc1. The van der Waals surface area contributed by atoms with Crippen molar-refractivity contribution in [1.29, 1.82) is 5.26 Å². The molecule has 1 saturated heterocycles. The van der Waals surface area contributed by atoms with Crippen LogP contribution in [0.4, 0.5) is 10.5 Å². The molecule has 3 rings (SSSR count). The molecular formula is C17H20N4O2. The molecule has 0 atom stereocenters. The van der Waals surface area contributed by atoms with Gasteiger partial charge in [0, 0.05) is 30.7 Å². The van der Waals surface area contributed by atoms with E-state index in [1.807, 2.05) is 6.07 Å². The van der Waals surface area contributed by atoms with E-state index in [4.69, 9.17) is 5.26 Å². The van der Waals surface area contributed by atoms with Gasteiger partial charge in [0.25, 0.3) is 0 Å². The summed E-state index contributed by atoms with van der Waals surface area (Å²) in [6.07, 6.45) is 3.52. The summed E-state index contributed by atoms with van der Waals surface area (Å²) in [4.78, 5) is 26.1. The first-order valence-electron chi connectivity index (χ1n) is 8.02. The summed E-state index contributed by atoms with van der Waals surface area (Å²) in [5.74, 6) is -0.0902. The summed E-state index contributed by atoms with van der Waals surface area (Å²) in [7, 11) is 0. The van der Waals surface area contributed by atoms with E-state index >= 15 is 0 Å². The summed E-state index contributed by atoms with van der Waals surface area (Å²) >= 11 is 0. The van der Waals surface area contributed by atoms with Crippen LogP contribution < -0.4 is 10.6 Å². The molecule has 1 aliphatic carbocycles. The predicted molar refractivity (Wildman–Crippen MR) is 85.6 cm³/mol. The van der Waals surface area contributed by atoms with E-state index in [0.717, 1.165) is 12.8 Å². The van der Waals surface area contributed by atoms with Crippen LogP contribution >= 0.6 is 0 Å². The maximum absolute atomic E-state index is 12.3. The number of nitrogens with one attached hydrogen (secondary N) is 2. The number of carbonyl (C=O) groups is 2. The molecule has 2 fully saturated rings. The lowest BCUT2D eigenvalue weighted by molar-refractivity contribution is -0.121. The summed E-state index contributed by atoms with van der Waals surface area (Å²) < 4.78 is 0. The van der Waals surface area contributed by atoms with Gasteiger partial charge in [0.1, 0.15) is 0 Å². The maximum Gasteiger partial charge on any atom is 0.317 e. The topological polar surface area (TPSA) is 85.2 Å². The highest BCUT2D eigenvalue weighted by Gasteiger charge is 2.30. The number of nitriles is 1. The maximum atomic E-state index is 12.3. The number of likely N-dealkylation sites (tertiary alicyclic amines) is 1. The van der Waals surface area contributed by atoms with E-state index in [2.05, 4.69) is 10.6 Å². The molecule has 0 spiro atoms. The molecule has 0 aromatic heterocycles. The van der Waals surface area contributed by atoms with Crippen LogP contribution in [0.2, 0.25) is 0 Å². The van der Waals surface area contributed by atoms with Gasteiger partial charge in [-0.05, 0) is 49.9 Å². The highest BCUT2D eigenvalue weighted by molar-refractivity contribution is 5.92. The van der Waals surface area contributed by atoms with Crippen LogP contribution in [0.3, 0.4) is 0 Å². The summed E-state index contributed by atoms with van der Waals surface area (Å²) in [6, 6.07) is 9.23. The van der Waals surface area contributed by atoms with Gasteiger partial charge in [-0.25, -0.2) is 4.79 Å². The Kier molecular flexibility index (Phi) is 4.47. The molecule has 120 valence electrons. The second-order valence-corrected chi connectivity index (χ2v) is 6.16. The van der Waals surface area contributed by atoms with Gasteiger partial charge in [-0.3, -0.25) is 4.79 Å². The van der Waals surface area contributed by atoms with Crippen LogP contribution in [-0.4, -0.2) is 36.0 Å². The molecule has 1 saturated carbocycles. The third-order valence-corrected chi connectivity index (χ3v) is 4.34. The van der Waals surface area contributed by atoms with E-state index < -0.39 is 0 Å². The minimum absolute atomic E-state index is 0.00143. The Balaban J connectivity index is 1.47. The van der Waals surface area contributed by atoms with Crippen LogP contribution in [0.1, 0.15) is 31.2 Å². The smallest absolute Gasteiger partial charge is 0.317 e. The lowest BCUT2D eigenvalue weighted by Gasteiger charge is -2.31. The summed E-state index contributed by atoms with van der Waals surface area (Å²) in [5.41, 5.74) is 1.26. The number of anilines is 1. The van der Waals surface area contributed by atoms with Gasteiger partial charge in [-0.15, -0.1) is 0 Å². The third kappa shape index (κ3) is 4.01. The fourth-order valence-electron chi connectivity index (χ4n) is 2.71. The summed E-state index contributed by atoms with van der Waals surface area (Å²) in [6.45, 7) is 1.23. The molecule has 1 aromatic carbocycles.